The lowest BCUT2D eigenvalue weighted by Gasteiger charge is -2.29. The standard InChI is InChI=1S/C32H42N2O4Si2/c1-39(2,3)21-19-25-7-15-29(16-8-25)37-23-31(35)33-27-11-13-28(14-12-27)34-32(36)24-38-30-17-9-26(10-18-30)20-22-40(4,5)6/h7-10,15-18,27-28H,11-14,23-24H2,1-6H3,(H,33,35)(H,34,36). The number of rotatable bonds is 8. The zero-order chi connectivity index (χ0) is 29.2. The first kappa shape index (κ1) is 31.1. The third-order valence-electron chi connectivity index (χ3n) is 6.07. The summed E-state index contributed by atoms with van der Waals surface area (Å²) in [5.74, 6) is 7.44. The normalized spacial score (nSPS) is 16.9. The minimum atomic E-state index is -1.42. The number of hydrogen-bond acceptors (Lipinski definition) is 4. The van der Waals surface area contributed by atoms with Gasteiger partial charge in [-0.1, -0.05) is 51.1 Å². The van der Waals surface area contributed by atoms with Crippen molar-refractivity contribution in [1.82, 2.24) is 10.6 Å². The van der Waals surface area contributed by atoms with Crippen LogP contribution in [0.5, 0.6) is 11.5 Å². The molecule has 0 spiro atoms. The Bertz CT molecular complexity index is 1160. The van der Waals surface area contributed by atoms with Crippen LogP contribution < -0.4 is 20.1 Å². The van der Waals surface area contributed by atoms with Crippen molar-refractivity contribution in [3.8, 4) is 34.4 Å². The third kappa shape index (κ3) is 12.2. The molecule has 0 saturated heterocycles. The van der Waals surface area contributed by atoms with Crippen LogP contribution in [0.2, 0.25) is 39.3 Å². The van der Waals surface area contributed by atoms with Crippen LogP contribution in [0, 0.1) is 22.9 Å². The first-order chi connectivity index (χ1) is 18.8. The zero-order valence-electron chi connectivity index (χ0n) is 24.6. The maximum Gasteiger partial charge on any atom is 0.258 e. The van der Waals surface area contributed by atoms with Gasteiger partial charge in [-0.05, 0) is 74.2 Å². The van der Waals surface area contributed by atoms with Crippen LogP contribution >= 0.6 is 0 Å². The summed E-state index contributed by atoms with van der Waals surface area (Å²) in [7, 11) is -2.83. The Morgan fingerprint density at radius 3 is 1.27 bits per heavy atom. The molecule has 1 aliphatic carbocycles. The Morgan fingerprint density at radius 1 is 0.650 bits per heavy atom. The molecule has 2 amide bonds. The lowest BCUT2D eigenvalue weighted by molar-refractivity contribution is -0.125. The van der Waals surface area contributed by atoms with Gasteiger partial charge in [-0.2, -0.15) is 0 Å². The highest BCUT2D eigenvalue weighted by molar-refractivity contribution is 6.84. The van der Waals surface area contributed by atoms with E-state index in [1.165, 1.54) is 0 Å². The molecular formula is C32H42N2O4Si2. The van der Waals surface area contributed by atoms with Crippen LogP contribution in [0.4, 0.5) is 0 Å². The smallest absolute Gasteiger partial charge is 0.258 e. The zero-order valence-corrected chi connectivity index (χ0v) is 26.6. The average molecular weight is 575 g/mol. The highest BCUT2D eigenvalue weighted by Crippen LogP contribution is 2.19. The maximum atomic E-state index is 12.4. The lowest BCUT2D eigenvalue weighted by Crippen LogP contribution is -2.45. The van der Waals surface area contributed by atoms with Crippen molar-refractivity contribution in [2.45, 2.75) is 77.0 Å². The number of nitrogens with one attached hydrogen (secondary N) is 2. The SMILES string of the molecule is C[Si](C)(C)C#Cc1ccc(OCC(=O)NC2CCC(NC(=O)COc3ccc(C#C[Si](C)(C)C)cc3)CC2)cc1. The van der Waals surface area contributed by atoms with Crippen molar-refractivity contribution in [2.75, 3.05) is 13.2 Å². The monoisotopic (exact) mass is 574 g/mol. The summed E-state index contributed by atoms with van der Waals surface area (Å²) in [5.41, 5.74) is 8.58. The molecule has 8 heteroatoms. The fourth-order valence-corrected chi connectivity index (χ4v) is 5.05. The Balaban J connectivity index is 1.32. The van der Waals surface area contributed by atoms with Crippen molar-refractivity contribution in [3.63, 3.8) is 0 Å². The lowest BCUT2D eigenvalue weighted by atomic mass is 9.91. The maximum absolute atomic E-state index is 12.4. The van der Waals surface area contributed by atoms with Gasteiger partial charge in [0.05, 0.1) is 0 Å². The summed E-state index contributed by atoms with van der Waals surface area (Å²) in [5, 5.41) is 6.11. The molecule has 0 aromatic heterocycles. The molecule has 2 aromatic carbocycles. The number of carbonyl (C=O) groups excluding carboxylic acids is 2. The molecule has 1 saturated carbocycles. The second-order valence-electron chi connectivity index (χ2n) is 12.3. The molecule has 0 aliphatic heterocycles. The van der Waals surface area contributed by atoms with Crippen LogP contribution in [0.1, 0.15) is 36.8 Å². The number of hydrogen-bond donors (Lipinski definition) is 2. The quantitative estimate of drug-likeness (QED) is 0.338. The third-order valence-corrected chi connectivity index (χ3v) is 7.82. The second kappa shape index (κ2) is 14.2. The largest absolute Gasteiger partial charge is 0.484 e. The van der Waals surface area contributed by atoms with Crippen molar-refractivity contribution in [3.05, 3.63) is 59.7 Å². The Morgan fingerprint density at radius 2 is 0.975 bits per heavy atom. The predicted molar refractivity (Wildman–Crippen MR) is 167 cm³/mol. The van der Waals surface area contributed by atoms with Gasteiger partial charge in [0.25, 0.3) is 11.8 Å². The van der Waals surface area contributed by atoms with Crippen LogP contribution in [0.15, 0.2) is 48.5 Å². The Kier molecular flexibility index (Phi) is 11.1. The van der Waals surface area contributed by atoms with Crippen molar-refractivity contribution >= 4 is 28.0 Å². The molecule has 1 fully saturated rings. The molecular weight excluding hydrogens is 533 g/mol. The number of benzene rings is 2. The summed E-state index contributed by atoms with van der Waals surface area (Å²) in [6.45, 7) is 13.2. The van der Waals surface area contributed by atoms with E-state index >= 15 is 0 Å². The molecule has 0 bridgehead atoms. The fourth-order valence-electron chi connectivity index (χ4n) is 4.01. The minimum absolute atomic E-state index is 0.0280. The van der Waals surface area contributed by atoms with Gasteiger partial charge in [-0.15, -0.1) is 11.1 Å². The van der Waals surface area contributed by atoms with E-state index in [4.69, 9.17) is 9.47 Å². The molecule has 40 heavy (non-hydrogen) atoms. The summed E-state index contributed by atoms with van der Waals surface area (Å²) < 4.78 is 11.3. The van der Waals surface area contributed by atoms with Crippen molar-refractivity contribution in [2.24, 2.45) is 0 Å². The van der Waals surface area contributed by atoms with Gasteiger partial charge in [0, 0.05) is 23.2 Å². The molecule has 2 aromatic rings. The Hall–Kier alpha value is -3.47. The van der Waals surface area contributed by atoms with E-state index in [1.54, 1.807) is 0 Å². The van der Waals surface area contributed by atoms with E-state index in [9.17, 15) is 9.59 Å². The fraction of sp³-hybridized carbons (Fsp3) is 0.438. The number of amides is 2. The van der Waals surface area contributed by atoms with E-state index in [-0.39, 0.29) is 37.1 Å². The molecule has 3 rings (SSSR count). The van der Waals surface area contributed by atoms with E-state index in [2.05, 4.69) is 72.8 Å². The molecule has 1 aliphatic rings. The summed E-state index contributed by atoms with van der Waals surface area (Å²) in [6, 6.07) is 15.2. The molecule has 6 nitrogen and oxygen atoms in total. The molecule has 0 radical (unpaired) electrons. The highest BCUT2D eigenvalue weighted by Gasteiger charge is 2.24. The minimum Gasteiger partial charge on any atom is -0.484 e. The molecule has 0 atom stereocenters. The number of carbonyl (C=O) groups is 2. The van der Waals surface area contributed by atoms with E-state index < -0.39 is 16.1 Å². The van der Waals surface area contributed by atoms with Gasteiger partial charge in [-0.25, -0.2) is 0 Å². The van der Waals surface area contributed by atoms with Gasteiger partial charge >= 0.3 is 0 Å². The average Bonchev–Trinajstić information content (AvgIpc) is 2.90. The molecule has 0 unspecified atom stereocenters. The first-order valence-corrected chi connectivity index (χ1v) is 21.0. The number of ether oxygens (including phenoxy) is 2. The van der Waals surface area contributed by atoms with Crippen LogP contribution in [0.3, 0.4) is 0 Å². The summed E-state index contributed by atoms with van der Waals surface area (Å²) in [4.78, 5) is 24.8. The van der Waals surface area contributed by atoms with E-state index in [0.29, 0.717) is 11.5 Å². The van der Waals surface area contributed by atoms with E-state index in [0.717, 1.165) is 36.8 Å². The van der Waals surface area contributed by atoms with E-state index in [1.807, 2.05) is 48.5 Å². The predicted octanol–water partition coefficient (Wildman–Crippen LogP) is 5.15. The van der Waals surface area contributed by atoms with Crippen LogP contribution in [-0.2, 0) is 9.59 Å². The summed E-state index contributed by atoms with van der Waals surface area (Å²) in [6.07, 6.45) is 3.23. The second-order valence-corrected chi connectivity index (χ2v) is 21.8. The van der Waals surface area contributed by atoms with Gasteiger partial charge in [-0.3, -0.25) is 9.59 Å². The van der Waals surface area contributed by atoms with Crippen molar-refractivity contribution in [1.29, 1.82) is 0 Å². The highest BCUT2D eigenvalue weighted by atomic mass is 28.3. The van der Waals surface area contributed by atoms with Crippen molar-refractivity contribution < 1.29 is 19.1 Å². The van der Waals surface area contributed by atoms with Crippen LogP contribution in [-0.4, -0.2) is 53.3 Å². The van der Waals surface area contributed by atoms with Gasteiger partial charge in [0.2, 0.25) is 0 Å². The topological polar surface area (TPSA) is 76.7 Å². The molecule has 0 heterocycles. The summed E-state index contributed by atoms with van der Waals surface area (Å²) >= 11 is 0. The van der Waals surface area contributed by atoms with Gasteiger partial charge < -0.3 is 20.1 Å². The Labute approximate surface area is 241 Å². The van der Waals surface area contributed by atoms with Gasteiger partial charge in [0.1, 0.15) is 27.6 Å². The molecule has 212 valence electrons. The van der Waals surface area contributed by atoms with Crippen LogP contribution in [0.25, 0.3) is 0 Å². The van der Waals surface area contributed by atoms with Gasteiger partial charge in [0.15, 0.2) is 13.2 Å². The molecule has 2 N–H and O–H groups in total. The first-order valence-electron chi connectivity index (χ1n) is 14.0.